The zero-order valence-electron chi connectivity index (χ0n) is 13.2. The highest BCUT2D eigenvalue weighted by molar-refractivity contribution is 5.79. The molecule has 2 aliphatic heterocycles. The third kappa shape index (κ3) is 2.33. The first-order valence-electron chi connectivity index (χ1n) is 8.11. The number of rotatable bonds is 2. The number of imidazole rings is 1. The molecule has 1 amide bonds. The number of amides is 1. The van der Waals surface area contributed by atoms with Gasteiger partial charge in [0.2, 0.25) is 5.91 Å². The second-order valence-corrected chi connectivity index (χ2v) is 6.56. The Balaban J connectivity index is 1.55. The van der Waals surface area contributed by atoms with Gasteiger partial charge in [-0.15, -0.1) is 0 Å². The van der Waals surface area contributed by atoms with Gasteiger partial charge in [-0.2, -0.15) is 0 Å². The van der Waals surface area contributed by atoms with E-state index >= 15 is 0 Å². The molecule has 2 fully saturated rings. The zero-order chi connectivity index (χ0) is 16.0. The Labute approximate surface area is 134 Å². The Morgan fingerprint density at radius 1 is 1.52 bits per heavy atom. The van der Waals surface area contributed by atoms with Gasteiger partial charge in [-0.3, -0.25) is 4.79 Å². The highest BCUT2D eigenvalue weighted by atomic mass is 16.5. The van der Waals surface area contributed by atoms with Gasteiger partial charge in [-0.1, -0.05) is 6.07 Å². The van der Waals surface area contributed by atoms with Gasteiger partial charge < -0.3 is 19.1 Å². The summed E-state index contributed by atoms with van der Waals surface area (Å²) < 4.78 is 7.72. The normalized spacial score (nSPS) is 27.4. The largest absolute Gasteiger partial charge is 0.388 e. The number of fused-ring (bicyclic) bond motifs is 1. The molecule has 0 saturated carbocycles. The van der Waals surface area contributed by atoms with Crippen molar-refractivity contribution >= 4 is 11.6 Å². The highest BCUT2D eigenvalue weighted by Crippen LogP contribution is 2.35. The monoisotopic (exact) mass is 315 g/mol. The first-order valence-corrected chi connectivity index (χ1v) is 8.11. The van der Waals surface area contributed by atoms with Crippen molar-refractivity contribution in [3.63, 3.8) is 0 Å². The van der Waals surface area contributed by atoms with Crippen molar-refractivity contribution in [2.45, 2.75) is 37.9 Å². The second-order valence-electron chi connectivity index (χ2n) is 6.56. The van der Waals surface area contributed by atoms with Crippen LogP contribution in [0, 0.1) is 6.92 Å². The number of pyridine rings is 1. The summed E-state index contributed by atoms with van der Waals surface area (Å²) in [4.78, 5) is 18.9. The average Bonchev–Trinajstić information content (AvgIpc) is 3.21. The minimum absolute atomic E-state index is 0.0187. The smallest absolute Gasteiger partial charge is 0.228 e. The summed E-state index contributed by atoms with van der Waals surface area (Å²) in [6, 6.07) is 5.80. The number of aliphatic hydroxyl groups is 1. The number of ether oxygens (including phenoxy) is 1. The number of aryl methyl sites for hydroxylation is 1. The molecule has 0 aromatic carbocycles. The molecule has 0 unspecified atom stereocenters. The Hall–Kier alpha value is -1.92. The molecule has 23 heavy (non-hydrogen) atoms. The minimum Gasteiger partial charge on any atom is -0.388 e. The quantitative estimate of drug-likeness (QED) is 0.895. The molecule has 2 aliphatic rings. The number of β-amino-alcohol motifs (C(OH)–C–C–N with tert-alkyl or cyclic N) is 1. The molecule has 2 atom stereocenters. The summed E-state index contributed by atoms with van der Waals surface area (Å²) in [7, 11) is 0. The maximum absolute atomic E-state index is 12.7. The van der Waals surface area contributed by atoms with E-state index in [2.05, 4.69) is 4.98 Å². The van der Waals surface area contributed by atoms with Crippen LogP contribution in [0.15, 0.2) is 24.4 Å². The molecule has 122 valence electrons. The van der Waals surface area contributed by atoms with Crippen LogP contribution in [0.3, 0.4) is 0 Å². The zero-order valence-corrected chi connectivity index (χ0v) is 13.2. The van der Waals surface area contributed by atoms with Gasteiger partial charge >= 0.3 is 0 Å². The van der Waals surface area contributed by atoms with E-state index in [4.69, 9.17) is 4.74 Å². The SMILES string of the molecule is Cc1nc2ccccn2c1CC(=O)N1C[C@H](O)[C@]2(CCCO2)C1. The summed E-state index contributed by atoms with van der Waals surface area (Å²) in [6.07, 6.45) is 3.41. The standard InChI is InChI=1S/C17H21N3O3/c1-12-13(20-7-3-2-5-15(20)18-12)9-16(22)19-10-14(21)17(11-19)6-4-8-23-17/h2-3,5,7,14,21H,4,6,8-11H2,1H3/t14-,17-/m0/s1. The van der Waals surface area contributed by atoms with Gasteiger partial charge in [0.05, 0.1) is 24.4 Å². The molecule has 0 bridgehead atoms. The Bertz CT molecular complexity index is 749. The lowest BCUT2D eigenvalue weighted by Gasteiger charge is -2.25. The van der Waals surface area contributed by atoms with Gasteiger partial charge in [0, 0.05) is 19.3 Å². The van der Waals surface area contributed by atoms with Crippen LogP contribution in [0.1, 0.15) is 24.2 Å². The number of hydrogen-bond acceptors (Lipinski definition) is 4. The van der Waals surface area contributed by atoms with Crippen LogP contribution in [-0.4, -0.2) is 56.7 Å². The van der Waals surface area contributed by atoms with E-state index in [0.717, 1.165) is 29.9 Å². The molecule has 0 aliphatic carbocycles. The number of aliphatic hydroxyl groups excluding tert-OH is 1. The summed E-state index contributed by atoms with van der Waals surface area (Å²) in [6.45, 7) is 3.44. The number of likely N-dealkylation sites (tertiary alicyclic amines) is 1. The highest BCUT2D eigenvalue weighted by Gasteiger charge is 2.50. The minimum atomic E-state index is -0.586. The van der Waals surface area contributed by atoms with Crippen molar-refractivity contribution in [3.05, 3.63) is 35.8 Å². The molecular formula is C17H21N3O3. The Morgan fingerprint density at radius 2 is 2.39 bits per heavy atom. The maximum Gasteiger partial charge on any atom is 0.228 e. The van der Waals surface area contributed by atoms with E-state index in [-0.39, 0.29) is 5.91 Å². The molecule has 2 aromatic heterocycles. The summed E-state index contributed by atoms with van der Waals surface area (Å²) in [5, 5.41) is 10.3. The topological polar surface area (TPSA) is 67.1 Å². The maximum atomic E-state index is 12.7. The van der Waals surface area contributed by atoms with E-state index in [1.54, 1.807) is 4.90 Å². The molecular weight excluding hydrogens is 294 g/mol. The van der Waals surface area contributed by atoms with Crippen molar-refractivity contribution in [2.24, 2.45) is 0 Å². The lowest BCUT2D eigenvalue weighted by Crippen LogP contribution is -2.41. The van der Waals surface area contributed by atoms with E-state index in [9.17, 15) is 9.90 Å². The lowest BCUT2D eigenvalue weighted by atomic mass is 9.97. The van der Waals surface area contributed by atoms with E-state index in [1.807, 2.05) is 35.7 Å². The van der Waals surface area contributed by atoms with E-state index in [1.165, 1.54) is 0 Å². The molecule has 1 N–H and O–H groups in total. The molecule has 2 aromatic rings. The van der Waals surface area contributed by atoms with Crippen LogP contribution in [0.4, 0.5) is 0 Å². The molecule has 6 heteroatoms. The molecule has 0 radical (unpaired) electrons. The molecule has 4 rings (SSSR count). The number of hydrogen-bond donors (Lipinski definition) is 1. The summed E-state index contributed by atoms with van der Waals surface area (Å²) in [5.74, 6) is 0.0187. The number of aromatic nitrogens is 2. The number of nitrogens with zero attached hydrogens (tertiary/aromatic N) is 3. The van der Waals surface area contributed by atoms with Crippen molar-refractivity contribution in [2.75, 3.05) is 19.7 Å². The Kier molecular flexibility index (Phi) is 3.39. The van der Waals surface area contributed by atoms with E-state index < -0.39 is 11.7 Å². The predicted octanol–water partition coefficient (Wildman–Crippen LogP) is 0.938. The van der Waals surface area contributed by atoms with Crippen molar-refractivity contribution in [1.82, 2.24) is 14.3 Å². The van der Waals surface area contributed by atoms with Gasteiger partial charge in [-0.25, -0.2) is 4.98 Å². The van der Waals surface area contributed by atoms with Crippen molar-refractivity contribution in [1.29, 1.82) is 0 Å². The van der Waals surface area contributed by atoms with Gasteiger partial charge in [0.15, 0.2) is 0 Å². The van der Waals surface area contributed by atoms with Gasteiger partial charge in [0.1, 0.15) is 17.4 Å². The molecule has 1 spiro atoms. The van der Waals surface area contributed by atoms with Crippen LogP contribution in [0.25, 0.3) is 5.65 Å². The Morgan fingerprint density at radius 3 is 3.17 bits per heavy atom. The summed E-state index contributed by atoms with van der Waals surface area (Å²) >= 11 is 0. The molecule has 2 saturated heterocycles. The van der Waals surface area contributed by atoms with Crippen LogP contribution < -0.4 is 0 Å². The van der Waals surface area contributed by atoms with Crippen LogP contribution in [0.5, 0.6) is 0 Å². The lowest BCUT2D eigenvalue weighted by molar-refractivity contribution is -0.130. The number of carbonyl (C=O) groups is 1. The fourth-order valence-corrected chi connectivity index (χ4v) is 3.80. The molecule has 6 nitrogen and oxygen atoms in total. The predicted molar refractivity (Wildman–Crippen MR) is 84.1 cm³/mol. The van der Waals surface area contributed by atoms with Crippen LogP contribution >= 0.6 is 0 Å². The first-order chi connectivity index (χ1) is 11.1. The van der Waals surface area contributed by atoms with Gasteiger partial charge in [-0.05, 0) is 31.9 Å². The third-order valence-corrected chi connectivity index (χ3v) is 5.09. The average molecular weight is 315 g/mol. The van der Waals surface area contributed by atoms with Crippen molar-refractivity contribution in [3.8, 4) is 0 Å². The fourth-order valence-electron chi connectivity index (χ4n) is 3.80. The van der Waals surface area contributed by atoms with E-state index in [0.29, 0.717) is 26.1 Å². The first kappa shape index (κ1) is 14.7. The van der Waals surface area contributed by atoms with Gasteiger partial charge in [0.25, 0.3) is 0 Å². The molecule has 4 heterocycles. The summed E-state index contributed by atoms with van der Waals surface area (Å²) in [5.41, 5.74) is 2.10. The van der Waals surface area contributed by atoms with Crippen molar-refractivity contribution < 1.29 is 14.6 Å². The number of carbonyl (C=O) groups excluding carboxylic acids is 1. The fraction of sp³-hybridized carbons (Fsp3) is 0.529. The van der Waals surface area contributed by atoms with Crippen LogP contribution in [0.2, 0.25) is 0 Å². The third-order valence-electron chi connectivity index (χ3n) is 5.09. The second kappa shape index (κ2) is 5.32. The van der Waals surface area contributed by atoms with Crippen LogP contribution in [-0.2, 0) is 16.0 Å².